The topological polar surface area (TPSA) is 30.2 Å². The van der Waals surface area contributed by atoms with Crippen LogP contribution >= 0.6 is 0 Å². The lowest BCUT2D eigenvalue weighted by molar-refractivity contribution is 0.485. The van der Waals surface area contributed by atoms with Crippen molar-refractivity contribution in [3.8, 4) is 11.1 Å². The van der Waals surface area contributed by atoms with Gasteiger partial charge in [-0.1, -0.05) is 19.1 Å². The fourth-order valence-corrected chi connectivity index (χ4v) is 3.14. The van der Waals surface area contributed by atoms with Crippen molar-refractivity contribution in [1.29, 1.82) is 0 Å². The summed E-state index contributed by atoms with van der Waals surface area (Å²) in [5, 5.41) is 4.52. The average molecular weight is 281 g/mol. The molecule has 0 radical (unpaired) electrons. The molecular weight excluding hydrogens is 265 g/mol. The fourth-order valence-electron chi connectivity index (χ4n) is 3.14. The quantitative estimate of drug-likeness (QED) is 0.681. The number of aryl methyl sites for hydroxylation is 1. The Labute approximate surface area is 122 Å². The van der Waals surface area contributed by atoms with Crippen LogP contribution in [0.4, 0.5) is 4.39 Å². The van der Waals surface area contributed by atoms with E-state index >= 15 is 0 Å². The van der Waals surface area contributed by atoms with E-state index in [1.54, 1.807) is 12.1 Å². The van der Waals surface area contributed by atoms with Crippen molar-refractivity contribution >= 4 is 5.65 Å². The van der Waals surface area contributed by atoms with Crippen molar-refractivity contribution < 1.29 is 4.39 Å². The van der Waals surface area contributed by atoms with Crippen LogP contribution in [0.3, 0.4) is 0 Å². The van der Waals surface area contributed by atoms with Gasteiger partial charge in [-0.05, 0) is 48.4 Å². The number of nitrogens with zero attached hydrogens (tertiary/aromatic N) is 3. The number of fused-ring (bicyclic) bond motifs is 3. The van der Waals surface area contributed by atoms with Gasteiger partial charge in [0.15, 0.2) is 5.65 Å². The summed E-state index contributed by atoms with van der Waals surface area (Å²) < 4.78 is 15.0. The maximum atomic E-state index is 13.1. The van der Waals surface area contributed by atoms with Gasteiger partial charge in [0.1, 0.15) is 5.82 Å². The summed E-state index contributed by atoms with van der Waals surface area (Å²) in [6.45, 7) is 2.28. The molecule has 1 unspecified atom stereocenters. The first-order chi connectivity index (χ1) is 10.2. The highest BCUT2D eigenvalue weighted by Gasteiger charge is 2.20. The molecule has 4 heteroatoms. The summed E-state index contributed by atoms with van der Waals surface area (Å²) in [4.78, 5) is 4.59. The number of halogens is 1. The van der Waals surface area contributed by atoms with Gasteiger partial charge in [0.25, 0.3) is 0 Å². The van der Waals surface area contributed by atoms with Crippen LogP contribution in [-0.2, 0) is 12.8 Å². The zero-order valence-electron chi connectivity index (χ0n) is 11.9. The summed E-state index contributed by atoms with van der Waals surface area (Å²) in [7, 11) is 0. The Hall–Kier alpha value is -2.23. The van der Waals surface area contributed by atoms with E-state index < -0.39 is 0 Å². The Morgan fingerprint density at radius 1 is 1.19 bits per heavy atom. The van der Waals surface area contributed by atoms with E-state index in [1.165, 1.54) is 29.8 Å². The van der Waals surface area contributed by atoms with Crippen molar-refractivity contribution in [1.82, 2.24) is 14.6 Å². The van der Waals surface area contributed by atoms with Gasteiger partial charge in [0.2, 0.25) is 0 Å². The first-order valence-electron chi connectivity index (χ1n) is 7.33. The van der Waals surface area contributed by atoms with E-state index in [0.717, 1.165) is 29.6 Å². The molecule has 0 N–H and O–H groups in total. The van der Waals surface area contributed by atoms with Crippen LogP contribution in [0.1, 0.15) is 24.6 Å². The molecule has 2 heterocycles. The molecule has 1 atom stereocenters. The van der Waals surface area contributed by atoms with Gasteiger partial charge in [-0.3, -0.25) is 0 Å². The molecule has 0 saturated carbocycles. The molecule has 0 spiro atoms. The molecule has 106 valence electrons. The van der Waals surface area contributed by atoms with Gasteiger partial charge < -0.3 is 0 Å². The minimum Gasteiger partial charge on any atom is -0.236 e. The first-order valence-corrected chi connectivity index (χ1v) is 7.33. The van der Waals surface area contributed by atoms with E-state index in [9.17, 15) is 4.39 Å². The standard InChI is InChI=1S/C17H16FN3/c1-11-2-7-16-13(8-11)9-19-17-15(10-20-21(16)17)12-3-5-14(18)6-4-12/h3-6,9-11H,2,7-8H2,1H3. The lowest BCUT2D eigenvalue weighted by Gasteiger charge is -2.21. The van der Waals surface area contributed by atoms with Gasteiger partial charge in [-0.15, -0.1) is 0 Å². The summed E-state index contributed by atoms with van der Waals surface area (Å²) in [5.74, 6) is 0.485. The van der Waals surface area contributed by atoms with Gasteiger partial charge in [0.05, 0.1) is 6.20 Å². The SMILES string of the molecule is CC1CCc2c(cnc3c(-c4ccc(F)cc4)cnn23)C1. The smallest absolute Gasteiger partial charge is 0.163 e. The highest BCUT2D eigenvalue weighted by Crippen LogP contribution is 2.29. The van der Waals surface area contributed by atoms with Crippen molar-refractivity contribution in [2.24, 2.45) is 5.92 Å². The fraction of sp³-hybridized carbons (Fsp3) is 0.294. The van der Waals surface area contributed by atoms with E-state index in [4.69, 9.17) is 0 Å². The van der Waals surface area contributed by atoms with Crippen molar-refractivity contribution in [3.63, 3.8) is 0 Å². The number of aromatic nitrogens is 3. The minimum atomic E-state index is -0.227. The van der Waals surface area contributed by atoms with E-state index in [-0.39, 0.29) is 5.82 Å². The van der Waals surface area contributed by atoms with Gasteiger partial charge in [-0.25, -0.2) is 13.9 Å². The van der Waals surface area contributed by atoms with Crippen LogP contribution in [0, 0.1) is 11.7 Å². The molecule has 0 amide bonds. The predicted octanol–water partition coefficient (Wildman–Crippen LogP) is 3.66. The van der Waals surface area contributed by atoms with E-state index in [0.29, 0.717) is 5.92 Å². The molecule has 1 aliphatic rings. The Bertz CT molecular complexity index is 805. The molecule has 1 aliphatic carbocycles. The molecular formula is C17H16FN3. The van der Waals surface area contributed by atoms with Gasteiger partial charge in [0, 0.05) is 17.5 Å². The predicted molar refractivity (Wildman–Crippen MR) is 79.6 cm³/mol. The second kappa shape index (κ2) is 4.65. The summed E-state index contributed by atoms with van der Waals surface area (Å²) in [5.41, 5.74) is 5.33. The van der Waals surface area contributed by atoms with Crippen LogP contribution in [0.15, 0.2) is 36.7 Å². The molecule has 0 aliphatic heterocycles. The molecule has 21 heavy (non-hydrogen) atoms. The van der Waals surface area contributed by atoms with Crippen LogP contribution in [0.2, 0.25) is 0 Å². The zero-order valence-corrected chi connectivity index (χ0v) is 11.9. The second-order valence-electron chi connectivity index (χ2n) is 5.88. The van der Waals surface area contributed by atoms with E-state index in [1.807, 2.05) is 16.9 Å². The maximum Gasteiger partial charge on any atom is 0.163 e. The molecule has 3 aromatic rings. The van der Waals surface area contributed by atoms with Crippen LogP contribution < -0.4 is 0 Å². The summed E-state index contributed by atoms with van der Waals surface area (Å²) in [6, 6.07) is 6.49. The van der Waals surface area contributed by atoms with Crippen molar-refractivity contribution in [2.45, 2.75) is 26.2 Å². The number of hydrogen-bond donors (Lipinski definition) is 0. The lowest BCUT2D eigenvalue weighted by atomic mass is 9.89. The minimum absolute atomic E-state index is 0.227. The average Bonchev–Trinajstić information content (AvgIpc) is 2.92. The van der Waals surface area contributed by atoms with Crippen molar-refractivity contribution in [2.75, 3.05) is 0 Å². The molecule has 1 aromatic carbocycles. The Balaban J connectivity index is 1.88. The van der Waals surface area contributed by atoms with Crippen LogP contribution in [0.25, 0.3) is 16.8 Å². The molecule has 0 fully saturated rings. The van der Waals surface area contributed by atoms with Crippen molar-refractivity contribution in [3.05, 3.63) is 53.7 Å². The normalized spacial score (nSPS) is 17.9. The third kappa shape index (κ3) is 2.02. The molecule has 2 aromatic heterocycles. The van der Waals surface area contributed by atoms with Crippen LogP contribution in [-0.4, -0.2) is 14.6 Å². The third-order valence-corrected chi connectivity index (χ3v) is 4.31. The monoisotopic (exact) mass is 281 g/mol. The number of benzene rings is 1. The molecule has 0 bridgehead atoms. The van der Waals surface area contributed by atoms with Gasteiger partial charge in [-0.2, -0.15) is 5.10 Å². The molecule has 3 nitrogen and oxygen atoms in total. The highest BCUT2D eigenvalue weighted by atomic mass is 19.1. The Morgan fingerprint density at radius 2 is 2.00 bits per heavy atom. The van der Waals surface area contributed by atoms with E-state index in [2.05, 4.69) is 17.0 Å². The third-order valence-electron chi connectivity index (χ3n) is 4.31. The Kier molecular flexibility index (Phi) is 2.77. The largest absolute Gasteiger partial charge is 0.236 e. The Morgan fingerprint density at radius 3 is 2.81 bits per heavy atom. The lowest BCUT2D eigenvalue weighted by Crippen LogP contribution is -2.16. The van der Waals surface area contributed by atoms with Gasteiger partial charge >= 0.3 is 0 Å². The highest BCUT2D eigenvalue weighted by molar-refractivity contribution is 5.77. The summed E-state index contributed by atoms with van der Waals surface area (Å²) >= 11 is 0. The maximum absolute atomic E-state index is 13.1. The molecule has 4 rings (SSSR count). The summed E-state index contributed by atoms with van der Waals surface area (Å²) in [6.07, 6.45) is 7.12. The molecule has 0 saturated heterocycles. The second-order valence-corrected chi connectivity index (χ2v) is 5.88. The number of rotatable bonds is 1. The van der Waals surface area contributed by atoms with Crippen LogP contribution in [0.5, 0.6) is 0 Å². The first kappa shape index (κ1) is 12.5. The number of hydrogen-bond acceptors (Lipinski definition) is 2. The zero-order chi connectivity index (χ0) is 14.4.